The van der Waals surface area contributed by atoms with E-state index in [1.54, 1.807) is 12.1 Å². The van der Waals surface area contributed by atoms with Gasteiger partial charge in [0.15, 0.2) is 6.29 Å². The third kappa shape index (κ3) is 2.30. The molecule has 1 aliphatic rings. The molecule has 0 aromatic heterocycles. The maximum absolute atomic E-state index is 13.3. The molecule has 0 radical (unpaired) electrons. The number of halogens is 1. The highest BCUT2D eigenvalue weighted by Crippen LogP contribution is 2.36. The lowest BCUT2D eigenvalue weighted by Crippen LogP contribution is -2.08. The fourth-order valence-corrected chi connectivity index (χ4v) is 2.50. The van der Waals surface area contributed by atoms with E-state index < -0.39 is 5.82 Å². The van der Waals surface area contributed by atoms with E-state index in [-0.39, 0.29) is 5.56 Å². The molecule has 0 heterocycles. The highest BCUT2D eigenvalue weighted by atomic mass is 19.1. The van der Waals surface area contributed by atoms with Crippen LogP contribution < -0.4 is 0 Å². The first kappa shape index (κ1) is 12.1. The van der Waals surface area contributed by atoms with Gasteiger partial charge in [-0.3, -0.25) is 4.79 Å². The summed E-state index contributed by atoms with van der Waals surface area (Å²) in [7, 11) is 0. The maximum Gasteiger partial charge on any atom is 0.153 e. The summed E-state index contributed by atoms with van der Waals surface area (Å²) in [6.07, 6.45) is 4.45. The predicted octanol–water partition coefficient (Wildman–Crippen LogP) is 4.57. The Kier molecular flexibility index (Phi) is 3.16. The minimum absolute atomic E-state index is 0.112. The summed E-state index contributed by atoms with van der Waals surface area (Å²) in [4.78, 5) is 10.8. The molecule has 0 saturated heterocycles. The minimum atomic E-state index is -0.468. The predicted molar refractivity (Wildman–Crippen MR) is 73.8 cm³/mol. The van der Waals surface area contributed by atoms with Gasteiger partial charge in [-0.05, 0) is 47.6 Å². The SMILES string of the molecule is O=Cc1cc(-c2ccc(C3CCC3)cc2)ccc1F. The Morgan fingerprint density at radius 1 is 1.00 bits per heavy atom. The quantitative estimate of drug-likeness (QED) is 0.733. The van der Waals surface area contributed by atoms with Crippen LogP contribution in [0.5, 0.6) is 0 Å². The number of aldehydes is 1. The van der Waals surface area contributed by atoms with Crippen molar-refractivity contribution in [1.82, 2.24) is 0 Å². The first-order valence-electron chi connectivity index (χ1n) is 6.63. The average Bonchev–Trinajstić information content (AvgIpc) is 2.38. The van der Waals surface area contributed by atoms with Crippen molar-refractivity contribution < 1.29 is 9.18 Å². The number of rotatable bonds is 3. The number of benzene rings is 2. The van der Waals surface area contributed by atoms with Crippen molar-refractivity contribution in [2.24, 2.45) is 0 Å². The van der Waals surface area contributed by atoms with Gasteiger partial charge in [0.25, 0.3) is 0 Å². The molecular formula is C17H15FO. The van der Waals surface area contributed by atoms with Gasteiger partial charge in [-0.15, -0.1) is 0 Å². The first-order valence-corrected chi connectivity index (χ1v) is 6.63. The molecule has 0 aliphatic heterocycles. The van der Waals surface area contributed by atoms with Crippen molar-refractivity contribution >= 4 is 6.29 Å². The van der Waals surface area contributed by atoms with Crippen LogP contribution in [0.2, 0.25) is 0 Å². The van der Waals surface area contributed by atoms with E-state index in [0.29, 0.717) is 12.2 Å². The van der Waals surface area contributed by atoms with E-state index in [0.717, 1.165) is 11.1 Å². The van der Waals surface area contributed by atoms with E-state index in [4.69, 9.17) is 0 Å². The lowest BCUT2D eigenvalue weighted by molar-refractivity contribution is 0.112. The van der Waals surface area contributed by atoms with Crippen LogP contribution in [0, 0.1) is 5.82 Å². The fourth-order valence-electron chi connectivity index (χ4n) is 2.50. The Morgan fingerprint density at radius 2 is 1.68 bits per heavy atom. The lowest BCUT2D eigenvalue weighted by atomic mass is 9.80. The Labute approximate surface area is 112 Å². The molecule has 2 heteroatoms. The van der Waals surface area contributed by atoms with E-state index >= 15 is 0 Å². The van der Waals surface area contributed by atoms with Crippen molar-refractivity contribution in [3.8, 4) is 11.1 Å². The number of carbonyl (C=O) groups is 1. The normalized spacial score (nSPS) is 15.0. The van der Waals surface area contributed by atoms with Crippen LogP contribution in [0.15, 0.2) is 42.5 Å². The largest absolute Gasteiger partial charge is 0.298 e. The molecule has 2 aromatic rings. The third-order valence-corrected chi connectivity index (χ3v) is 3.94. The minimum Gasteiger partial charge on any atom is -0.298 e. The van der Waals surface area contributed by atoms with Crippen molar-refractivity contribution in [2.45, 2.75) is 25.2 Å². The summed E-state index contributed by atoms with van der Waals surface area (Å²) in [5.74, 6) is 0.248. The summed E-state index contributed by atoms with van der Waals surface area (Å²) in [5, 5.41) is 0. The van der Waals surface area contributed by atoms with Crippen LogP contribution in [-0.2, 0) is 0 Å². The molecule has 0 N–H and O–H groups in total. The molecule has 0 bridgehead atoms. The summed E-state index contributed by atoms with van der Waals surface area (Å²) in [6.45, 7) is 0. The standard InChI is InChI=1S/C17H15FO/c18-17-9-8-15(10-16(17)11-19)14-6-4-13(5-7-14)12-2-1-3-12/h4-12H,1-3H2. The smallest absolute Gasteiger partial charge is 0.153 e. The van der Waals surface area contributed by atoms with Crippen LogP contribution in [0.1, 0.15) is 41.1 Å². The van der Waals surface area contributed by atoms with E-state index in [2.05, 4.69) is 24.3 Å². The molecule has 0 unspecified atom stereocenters. The molecule has 0 atom stereocenters. The van der Waals surface area contributed by atoms with Crippen LogP contribution in [0.25, 0.3) is 11.1 Å². The van der Waals surface area contributed by atoms with Crippen LogP contribution in [0.3, 0.4) is 0 Å². The highest BCUT2D eigenvalue weighted by molar-refractivity contribution is 5.79. The van der Waals surface area contributed by atoms with Gasteiger partial charge in [-0.2, -0.15) is 0 Å². The summed E-state index contributed by atoms with van der Waals surface area (Å²) < 4.78 is 13.3. The second kappa shape index (κ2) is 4.96. The van der Waals surface area contributed by atoms with Gasteiger partial charge in [0.2, 0.25) is 0 Å². The van der Waals surface area contributed by atoms with Gasteiger partial charge in [-0.1, -0.05) is 36.8 Å². The van der Waals surface area contributed by atoms with Gasteiger partial charge in [-0.25, -0.2) is 4.39 Å². The fraction of sp³-hybridized carbons (Fsp3) is 0.235. The Hall–Kier alpha value is -1.96. The van der Waals surface area contributed by atoms with E-state index in [9.17, 15) is 9.18 Å². The molecule has 96 valence electrons. The maximum atomic E-state index is 13.3. The van der Waals surface area contributed by atoms with Crippen LogP contribution in [0.4, 0.5) is 4.39 Å². The number of hydrogen-bond acceptors (Lipinski definition) is 1. The molecule has 0 amide bonds. The average molecular weight is 254 g/mol. The molecule has 2 aromatic carbocycles. The second-order valence-electron chi connectivity index (χ2n) is 5.10. The van der Waals surface area contributed by atoms with Gasteiger partial charge in [0, 0.05) is 0 Å². The van der Waals surface area contributed by atoms with Crippen molar-refractivity contribution in [1.29, 1.82) is 0 Å². The molecule has 1 saturated carbocycles. The van der Waals surface area contributed by atoms with Crippen molar-refractivity contribution in [3.63, 3.8) is 0 Å². The summed E-state index contributed by atoms with van der Waals surface area (Å²) in [6, 6.07) is 13.0. The molecule has 3 rings (SSSR count). The lowest BCUT2D eigenvalue weighted by Gasteiger charge is -2.25. The van der Waals surface area contributed by atoms with Crippen molar-refractivity contribution in [2.75, 3.05) is 0 Å². The summed E-state index contributed by atoms with van der Waals surface area (Å²) in [5.41, 5.74) is 3.39. The van der Waals surface area contributed by atoms with Gasteiger partial charge < -0.3 is 0 Å². The van der Waals surface area contributed by atoms with Gasteiger partial charge in [0.05, 0.1) is 5.56 Å². The number of hydrogen-bond donors (Lipinski definition) is 0. The van der Waals surface area contributed by atoms with Crippen LogP contribution in [-0.4, -0.2) is 6.29 Å². The molecular weight excluding hydrogens is 239 g/mol. The topological polar surface area (TPSA) is 17.1 Å². The van der Waals surface area contributed by atoms with Crippen molar-refractivity contribution in [3.05, 3.63) is 59.4 Å². The third-order valence-electron chi connectivity index (χ3n) is 3.94. The number of carbonyl (C=O) groups excluding carboxylic acids is 1. The molecule has 1 aliphatic carbocycles. The summed E-state index contributed by atoms with van der Waals surface area (Å²) >= 11 is 0. The molecule has 1 fully saturated rings. The zero-order valence-corrected chi connectivity index (χ0v) is 10.6. The first-order chi connectivity index (χ1) is 9.28. The molecule has 19 heavy (non-hydrogen) atoms. The zero-order valence-electron chi connectivity index (χ0n) is 10.6. The Morgan fingerprint density at radius 3 is 2.26 bits per heavy atom. The van der Waals surface area contributed by atoms with Crippen LogP contribution >= 0.6 is 0 Å². The highest BCUT2D eigenvalue weighted by Gasteiger charge is 2.19. The second-order valence-corrected chi connectivity index (χ2v) is 5.10. The van der Waals surface area contributed by atoms with Gasteiger partial charge >= 0.3 is 0 Å². The zero-order chi connectivity index (χ0) is 13.2. The van der Waals surface area contributed by atoms with E-state index in [1.807, 2.05) is 0 Å². The van der Waals surface area contributed by atoms with E-state index in [1.165, 1.54) is 30.9 Å². The molecule has 0 spiro atoms. The Balaban J connectivity index is 1.91. The molecule has 1 nitrogen and oxygen atoms in total. The Bertz CT molecular complexity index is 597. The van der Waals surface area contributed by atoms with Gasteiger partial charge in [0.1, 0.15) is 5.82 Å². The monoisotopic (exact) mass is 254 g/mol.